The zero-order valence-corrected chi connectivity index (χ0v) is 15.0. The second kappa shape index (κ2) is 5.70. The number of likely N-dealkylation sites (tertiary alicyclic amines) is 1. The van der Waals surface area contributed by atoms with Gasteiger partial charge in [-0.05, 0) is 66.9 Å². The van der Waals surface area contributed by atoms with Gasteiger partial charge in [-0.3, -0.25) is 4.79 Å². The van der Waals surface area contributed by atoms with Crippen molar-refractivity contribution < 1.29 is 9.53 Å². The summed E-state index contributed by atoms with van der Waals surface area (Å²) in [4.78, 5) is 15.1. The quantitative estimate of drug-likeness (QED) is 0.847. The zero-order valence-electron chi connectivity index (χ0n) is 15.0. The maximum atomic E-state index is 12.4. The molecule has 3 nitrogen and oxygen atoms in total. The summed E-state index contributed by atoms with van der Waals surface area (Å²) in [5, 5.41) is 0. The first-order valence-corrected chi connectivity index (χ1v) is 9.77. The molecule has 0 N–H and O–H groups in total. The molecule has 3 unspecified atom stereocenters. The number of benzene rings is 1. The van der Waals surface area contributed by atoms with Gasteiger partial charge in [-0.2, -0.15) is 0 Å². The summed E-state index contributed by atoms with van der Waals surface area (Å²) >= 11 is 0. The van der Waals surface area contributed by atoms with Gasteiger partial charge in [0.05, 0.1) is 7.11 Å². The molecule has 1 heterocycles. The Morgan fingerprint density at radius 2 is 2.16 bits per heavy atom. The number of carbonyl (C=O) groups is 1. The third-order valence-electron chi connectivity index (χ3n) is 6.91. The molecule has 2 fully saturated rings. The van der Waals surface area contributed by atoms with Crippen molar-refractivity contribution in [2.75, 3.05) is 26.7 Å². The van der Waals surface area contributed by atoms with E-state index >= 15 is 0 Å². The van der Waals surface area contributed by atoms with Gasteiger partial charge >= 0.3 is 0 Å². The van der Waals surface area contributed by atoms with E-state index in [1.165, 1.54) is 37.1 Å². The van der Waals surface area contributed by atoms with Crippen LogP contribution in [0.25, 0.3) is 0 Å². The Bertz CT molecular complexity index is 736. The van der Waals surface area contributed by atoms with Gasteiger partial charge in [0.1, 0.15) is 5.75 Å². The minimum atomic E-state index is -0.0169. The Balaban J connectivity index is 1.60. The lowest BCUT2D eigenvalue weighted by atomic mass is 9.57. The Labute approximate surface area is 150 Å². The van der Waals surface area contributed by atoms with Gasteiger partial charge in [0.15, 0.2) is 5.78 Å². The lowest BCUT2D eigenvalue weighted by Crippen LogP contribution is -2.44. The fourth-order valence-electron chi connectivity index (χ4n) is 5.66. The van der Waals surface area contributed by atoms with Crippen molar-refractivity contribution in [1.82, 2.24) is 4.90 Å². The molecule has 3 heteroatoms. The fourth-order valence-corrected chi connectivity index (χ4v) is 5.66. The minimum Gasteiger partial charge on any atom is -0.497 e. The van der Waals surface area contributed by atoms with E-state index in [1.807, 2.05) is 6.08 Å². The average Bonchev–Trinajstić information content (AvgIpc) is 3.41. The monoisotopic (exact) mass is 337 g/mol. The molecule has 2 bridgehead atoms. The molecule has 3 atom stereocenters. The normalized spacial score (nSPS) is 34.2. The molecule has 0 aromatic heterocycles. The van der Waals surface area contributed by atoms with Crippen molar-refractivity contribution in [3.8, 4) is 5.75 Å². The zero-order chi connectivity index (χ0) is 17.0. The molecule has 0 amide bonds. The molecule has 4 aliphatic rings. The van der Waals surface area contributed by atoms with E-state index < -0.39 is 0 Å². The van der Waals surface area contributed by atoms with E-state index in [2.05, 4.69) is 29.2 Å². The number of ketones is 1. The summed E-state index contributed by atoms with van der Waals surface area (Å²) in [5.41, 5.74) is 2.81. The Morgan fingerprint density at radius 3 is 2.96 bits per heavy atom. The van der Waals surface area contributed by atoms with Gasteiger partial charge in [-0.15, -0.1) is 0 Å². The van der Waals surface area contributed by atoms with Gasteiger partial charge in [0.25, 0.3) is 0 Å². The first kappa shape index (κ1) is 15.6. The molecule has 132 valence electrons. The summed E-state index contributed by atoms with van der Waals surface area (Å²) in [6.45, 7) is 3.56. The largest absolute Gasteiger partial charge is 0.497 e. The van der Waals surface area contributed by atoms with Gasteiger partial charge in [0.2, 0.25) is 0 Å². The van der Waals surface area contributed by atoms with Crippen LogP contribution in [0.2, 0.25) is 0 Å². The number of nitrogens with zero attached hydrogens (tertiary/aromatic N) is 1. The second-order valence-corrected chi connectivity index (χ2v) is 8.72. The fraction of sp³-hybridized carbons (Fsp3) is 0.591. The van der Waals surface area contributed by atoms with Gasteiger partial charge in [-0.1, -0.05) is 12.1 Å². The van der Waals surface area contributed by atoms with Crippen LogP contribution in [0.1, 0.15) is 36.8 Å². The first-order chi connectivity index (χ1) is 12.2. The van der Waals surface area contributed by atoms with Crippen LogP contribution in [-0.4, -0.2) is 37.4 Å². The molecule has 1 saturated heterocycles. The first-order valence-electron chi connectivity index (χ1n) is 9.77. The van der Waals surface area contributed by atoms with E-state index in [0.717, 1.165) is 31.1 Å². The Kier molecular flexibility index (Phi) is 3.56. The predicted molar refractivity (Wildman–Crippen MR) is 97.9 cm³/mol. The highest BCUT2D eigenvalue weighted by atomic mass is 16.5. The molecule has 0 radical (unpaired) electrons. The molecule has 1 aromatic rings. The van der Waals surface area contributed by atoms with Crippen LogP contribution in [-0.2, 0) is 16.6 Å². The van der Waals surface area contributed by atoms with Crippen LogP contribution in [0.4, 0.5) is 0 Å². The van der Waals surface area contributed by atoms with Crippen molar-refractivity contribution in [3.05, 3.63) is 41.5 Å². The minimum absolute atomic E-state index is 0.0169. The van der Waals surface area contributed by atoms with Crippen LogP contribution >= 0.6 is 0 Å². The summed E-state index contributed by atoms with van der Waals surface area (Å²) in [7, 11) is 1.74. The van der Waals surface area contributed by atoms with Crippen molar-refractivity contribution >= 4 is 5.78 Å². The summed E-state index contributed by atoms with van der Waals surface area (Å²) in [6, 6.07) is 6.56. The maximum absolute atomic E-state index is 12.4. The predicted octanol–water partition coefficient (Wildman–Crippen LogP) is 3.37. The van der Waals surface area contributed by atoms with Crippen LogP contribution in [0.5, 0.6) is 5.75 Å². The van der Waals surface area contributed by atoms with Crippen molar-refractivity contribution in [2.24, 2.45) is 17.8 Å². The number of rotatable bonds is 3. The van der Waals surface area contributed by atoms with E-state index in [9.17, 15) is 4.79 Å². The van der Waals surface area contributed by atoms with E-state index in [-0.39, 0.29) is 5.41 Å². The number of hydrogen-bond donors (Lipinski definition) is 0. The third kappa shape index (κ3) is 2.64. The van der Waals surface area contributed by atoms with Crippen LogP contribution in [0, 0.1) is 17.8 Å². The summed E-state index contributed by atoms with van der Waals surface area (Å²) in [5.74, 6) is 3.25. The van der Waals surface area contributed by atoms with Crippen LogP contribution in [0.3, 0.4) is 0 Å². The second-order valence-electron chi connectivity index (χ2n) is 8.72. The van der Waals surface area contributed by atoms with Gasteiger partial charge in [-0.25, -0.2) is 0 Å². The molecule has 1 spiro atoms. The molecule has 1 aromatic carbocycles. The smallest absolute Gasteiger partial charge is 0.156 e. The number of fused-ring (bicyclic) bond motifs is 2. The molecular weight excluding hydrogens is 310 g/mol. The summed E-state index contributed by atoms with van der Waals surface area (Å²) in [6.07, 6.45) is 9.85. The number of ether oxygens (including phenoxy) is 1. The molecule has 25 heavy (non-hydrogen) atoms. The highest BCUT2D eigenvalue weighted by molar-refractivity contribution is 5.92. The molecule has 1 saturated carbocycles. The molecule has 1 aliphatic heterocycles. The highest BCUT2D eigenvalue weighted by Crippen LogP contribution is 2.52. The maximum Gasteiger partial charge on any atom is 0.156 e. The number of hydrogen-bond acceptors (Lipinski definition) is 3. The topological polar surface area (TPSA) is 29.5 Å². The number of carbonyl (C=O) groups excluding carboxylic acids is 1. The van der Waals surface area contributed by atoms with Crippen molar-refractivity contribution in [1.29, 1.82) is 0 Å². The third-order valence-corrected chi connectivity index (χ3v) is 6.91. The standard InChI is InChI=1S/C22H27NO2/c1-25-20-7-4-17-8-16-10-22(21(17)9-20)11-19(24)6-5-18(22)14-23(13-16)12-15-2-3-15/h4-7,9,15-16,18H,2-3,8,10-14H2,1H3. The molecule has 5 rings (SSSR count). The van der Waals surface area contributed by atoms with Crippen molar-refractivity contribution in [2.45, 2.75) is 37.5 Å². The SMILES string of the molecule is COc1ccc2c(c1)C13CC(=O)C=CC1CN(CC1CC1)CC(C2)C3. The van der Waals surface area contributed by atoms with E-state index in [1.54, 1.807) is 7.11 Å². The number of allylic oxidation sites excluding steroid dienone is 1. The lowest BCUT2D eigenvalue weighted by molar-refractivity contribution is -0.117. The number of methoxy groups -OCH3 is 1. The van der Waals surface area contributed by atoms with E-state index in [4.69, 9.17) is 4.74 Å². The highest BCUT2D eigenvalue weighted by Gasteiger charge is 2.50. The van der Waals surface area contributed by atoms with Crippen molar-refractivity contribution in [3.63, 3.8) is 0 Å². The average molecular weight is 337 g/mol. The van der Waals surface area contributed by atoms with E-state index in [0.29, 0.717) is 24.0 Å². The lowest BCUT2D eigenvalue weighted by Gasteiger charge is -2.46. The van der Waals surface area contributed by atoms with Gasteiger partial charge < -0.3 is 9.64 Å². The van der Waals surface area contributed by atoms with Gasteiger partial charge in [0, 0.05) is 37.4 Å². The van der Waals surface area contributed by atoms with Crippen LogP contribution in [0.15, 0.2) is 30.4 Å². The molecule has 3 aliphatic carbocycles. The summed E-state index contributed by atoms with van der Waals surface area (Å²) < 4.78 is 5.52. The molecular formula is C22H27NO2. The Hall–Kier alpha value is -1.61. The Morgan fingerprint density at radius 1 is 1.28 bits per heavy atom. The van der Waals surface area contributed by atoms with Crippen LogP contribution < -0.4 is 4.74 Å².